The number of nitrogens with zero attached hydrogens (tertiary/aromatic N) is 1. The number of methoxy groups -OCH3 is 1. The van der Waals surface area contributed by atoms with Crippen LogP contribution in [-0.4, -0.2) is 42.7 Å². The molecule has 0 radical (unpaired) electrons. The minimum atomic E-state index is -0.158. The number of phenolic OH excluding ortho intramolecular Hbond substituents is 1. The molecule has 1 saturated heterocycles. The van der Waals surface area contributed by atoms with Crippen LogP contribution in [0.2, 0.25) is 0 Å². The Bertz CT molecular complexity index is 462. The average Bonchev–Trinajstić information content (AvgIpc) is 2.47. The molecule has 0 spiro atoms. The maximum Gasteiger partial charge on any atom is 0.257 e. The predicted octanol–water partition coefficient (Wildman–Crippen LogP) is 1.21. The van der Waals surface area contributed by atoms with Gasteiger partial charge in [0.25, 0.3) is 5.91 Å². The van der Waals surface area contributed by atoms with Gasteiger partial charge in [0.2, 0.25) is 0 Å². The van der Waals surface area contributed by atoms with Crippen LogP contribution in [0.15, 0.2) is 18.2 Å². The molecule has 0 aromatic heterocycles. The maximum atomic E-state index is 12.4. The molecule has 1 aromatic carbocycles. The summed E-state index contributed by atoms with van der Waals surface area (Å²) in [7, 11) is 1.47. The number of carbonyl (C=O) groups excluding carboxylic acids is 1. The molecular weight excluding hydrogens is 244 g/mol. The lowest BCUT2D eigenvalue weighted by Crippen LogP contribution is -2.42. The zero-order valence-corrected chi connectivity index (χ0v) is 11.1. The monoisotopic (exact) mass is 264 g/mol. The lowest BCUT2D eigenvalue weighted by molar-refractivity contribution is 0.0674. The Balaban J connectivity index is 2.19. The van der Waals surface area contributed by atoms with Crippen molar-refractivity contribution in [1.82, 2.24) is 4.90 Å². The first-order chi connectivity index (χ1) is 9.17. The lowest BCUT2D eigenvalue weighted by Gasteiger charge is -2.32. The number of likely N-dealkylation sites (tertiary alicyclic amines) is 1. The third-order valence-electron chi connectivity index (χ3n) is 3.59. The van der Waals surface area contributed by atoms with Crippen molar-refractivity contribution in [3.8, 4) is 11.5 Å². The van der Waals surface area contributed by atoms with E-state index in [1.165, 1.54) is 7.11 Å². The van der Waals surface area contributed by atoms with Gasteiger partial charge in [-0.15, -0.1) is 0 Å². The third-order valence-corrected chi connectivity index (χ3v) is 3.59. The van der Waals surface area contributed by atoms with Gasteiger partial charge in [-0.1, -0.05) is 6.07 Å². The fourth-order valence-corrected chi connectivity index (χ4v) is 2.47. The van der Waals surface area contributed by atoms with E-state index in [0.29, 0.717) is 31.3 Å². The SMILES string of the molecule is COc1cccc(C(=O)N2CCCC(CN)C2)c1O. The number of benzene rings is 1. The summed E-state index contributed by atoms with van der Waals surface area (Å²) in [5.41, 5.74) is 5.96. The number of nitrogens with two attached hydrogens (primary N) is 1. The number of amides is 1. The van der Waals surface area contributed by atoms with Crippen LogP contribution in [0.1, 0.15) is 23.2 Å². The second kappa shape index (κ2) is 5.93. The van der Waals surface area contributed by atoms with E-state index < -0.39 is 0 Å². The molecular formula is C14H20N2O3. The number of para-hydroxylation sites is 1. The van der Waals surface area contributed by atoms with Gasteiger partial charge in [-0.05, 0) is 37.4 Å². The zero-order chi connectivity index (χ0) is 13.8. The standard InChI is InChI=1S/C14H20N2O3/c1-19-12-6-2-5-11(13(12)17)14(18)16-7-3-4-10(8-15)9-16/h2,5-6,10,17H,3-4,7-9,15H2,1H3. The highest BCUT2D eigenvalue weighted by Crippen LogP contribution is 2.31. The number of aromatic hydroxyl groups is 1. The molecule has 0 aliphatic carbocycles. The number of hydrogen-bond donors (Lipinski definition) is 2. The van der Waals surface area contributed by atoms with Crippen molar-refractivity contribution in [2.45, 2.75) is 12.8 Å². The summed E-state index contributed by atoms with van der Waals surface area (Å²) in [5.74, 6) is 0.420. The van der Waals surface area contributed by atoms with Crippen LogP contribution in [0.3, 0.4) is 0 Å². The van der Waals surface area contributed by atoms with E-state index in [0.717, 1.165) is 12.8 Å². The van der Waals surface area contributed by atoms with Crippen LogP contribution in [0.4, 0.5) is 0 Å². The van der Waals surface area contributed by atoms with Gasteiger partial charge in [0.15, 0.2) is 11.5 Å². The van der Waals surface area contributed by atoms with E-state index >= 15 is 0 Å². The van der Waals surface area contributed by atoms with Crippen molar-refractivity contribution in [1.29, 1.82) is 0 Å². The Labute approximate surface area is 113 Å². The molecule has 1 unspecified atom stereocenters. The van der Waals surface area contributed by atoms with Gasteiger partial charge in [-0.25, -0.2) is 0 Å². The molecule has 1 aliphatic rings. The normalized spacial score (nSPS) is 19.3. The van der Waals surface area contributed by atoms with Crippen molar-refractivity contribution in [2.24, 2.45) is 11.7 Å². The van der Waals surface area contributed by atoms with Crippen molar-refractivity contribution < 1.29 is 14.6 Å². The van der Waals surface area contributed by atoms with Gasteiger partial charge in [-0.2, -0.15) is 0 Å². The van der Waals surface area contributed by atoms with Crippen LogP contribution in [-0.2, 0) is 0 Å². The third kappa shape index (κ3) is 2.81. The quantitative estimate of drug-likeness (QED) is 0.860. The van der Waals surface area contributed by atoms with Crippen molar-refractivity contribution in [3.63, 3.8) is 0 Å². The molecule has 1 atom stereocenters. The molecule has 1 fully saturated rings. The number of carbonyl (C=O) groups is 1. The molecule has 1 aromatic rings. The van der Waals surface area contributed by atoms with Crippen molar-refractivity contribution >= 4 is 5.91 Å². The number of piperidine rings is 1. The molecule has 5 heteroatoms. The molecule has 0 saturated carbocycles. The highest BCUT2D eigenvalue weighted by atomic mass is 16.5. The van der Waals surface area contributed by atoms with Crippen molar-refractivity contribution in [3.05, 3.63) is 23.8 Å². The Hall–Kier alpha value is -1.75. The molecule has 1 aliphatic heterocycles. The molecule has 0 bridgehead atoms. The van der Waals surface area contributed by atoms with Crippen LogP contribution < -0.4 is 10.5 Å². The second-order valence-electron chi connectivity index (χ2n) is 4.85. The summed E-state index contributed by atoms with van der Waals surface area (Å²) in [6.45, 7) is 1.96. The summed E-state index contributed by atoms with van der Waals surface area (Å²) < 4.78 is 5.02. The van der Waals surface area contributed by atoms with Crippen LogP contribution in [0.5, 0.6) is 11.5 Å². The predicted molar refractivity (Wildman–Crippen MR) is 72.3 cm³/mol. The first kappa shape index (κ1) is 13.7. The fraction of sp³-hybridized carbons (Fsp3) is 0.500. The smallest absolute Gasteiger partial charge is 0.257 e. The van der Waals surface area contributed by atoms with E-state index in [1.807, 2.05) is 0 Å². The summed E-state index contributed by atoms with van der Waals surface area (Å²) in [5, 5.41) is 10.0. The summed E-state index contributed by atoms with van der Waals surface area (Å²) >= 11 is 0. The molecule has 5 nitrogen and oxygen atoms in total. The fourth-order valence-electron chi connectivity index (χ4n) is 2.47. The van der Waals surface area contributed by atoms with E-state index in [1.54, 1.807) is 23.1 Å². The Kier molecular flexibility index (Phi) is 4.27. The first-order valence-electron chi connectivity index (χ1n) is 6.52. The van der Waals surface area contributed by atoms with Crippen LogP contribution in [0, 0.1) is 5.92 Å². The second-order valence-corrected chi connectivity index (χ2v) is 4.85. The Morgan fingerprint density at radius 3 is 3.05 bits per heavy atom. The lowest BCUT2D eigenvalue weighted by atomic mass is 9.97. The van der Waals surface area contributed by atoms with E-state index in [4.69, 9.17) is 10.5 Å². The molecule has 2 rings (SSSR count). The topological polar surface area (TPSA) is 75.8 Å². The average molecular weight is 264 g/mol. The van der Waals surface area contributed by atoms with Gasteiger partial charge in [0, 0.05) is 13.1 Å². The summed E-state index contributed by atoms with van der Waals surface area (Å²) in [4.78, 5) is 14.2. The maximum absolute atomic E-state index is 12.4. The first-order valence-corrected chi connectivity index (χ1v) is 6.52. The van der Waals surface area contributed by atoms with E-state index in [9.17, 15) is 9.90 Å². The van der Waals surface area contributed by atoms with Gasteiger partial charge < -0.3 is 20.5 Å². The van der Waals surface area contributed by atoms with Gasteiger partial charge in [0.1, 0.15) is 0 Å². The minimum absolute atomic E-state index is 0.0927. The van der Waals surface area contributed by atoms with Crippen molar-refractivity contribution in [2.75, 3.05) is 26.7 Å². The largest absolute Gasteiger partial charge is 0.504 e. The molecule has 1 amide bonds. The van der Waals surface area contributed by atoms with Gasteiger partial charge in [-0.3, -0.25) is 4.79 Å². The number of ether oxygens (including phenoxy) is 1. The molecule has 1 heterocycles. The molecule has 19 heavy (non-hydrogen) atoms. The Morgan fingerprint density at radius 1 is 1.58 bits per heavy atom. The van der Waals surface area contributed by atoms with E-state index in [-0.39, 0.29) is 17.2 Å². The number of rotatable bonds is 3. The Morgan fingerprint density at radius 2 is 2.37 bits per heavy atom. The van der Waals surface area contributed by atoms with Crippen LogP contribution >= 0.6 is 0 Å². The number of hydrogen-bond acceptors (Lipinski definition) is 4. The van der Waals surface area contributed by atoms with Crippen LogP contribution in [0.25, 0.3) is 0 Å². The van der Waals surface area contributed by atoms with Gasteiger partial charge >= 0.3 is 0 Å². The summed E-state index contributed by atoms with van der Waals surface area (Å²) in [6, 6.07) is 4.95. The van der Waals surface area contributed by atoms with Gasteiger partial charge in [0.05, 0.1) is 12.7 Å². The molecule has 3 N–H and O–H groups in total. The zero-order valence-electron chi connectivity index (χ0n) is 11.1. The molecule has 104 valence electrons. The van der Waals surface area contributed by atoms with E-state index in [2.05, 4.69) is 0 Å². The number of phenols is 1. The highest BCUT2D eigenvalue weighted by molar-refractivity contribution is 5.97. The summed E-state index contributed by atoms with van der Waals surface area (Å²) in [6.07, 6.45) is 2.02. The minimum Gasteiger partial charge on any atom is -0.504 e. The highest BCUT2D eigenvalue weighted by Gasteiger charge is 2.26.